The van der Waals surface area contributed by atoms with Crippen molar-refractivity contribution in [2.24, 2.45) is 0 Å². The fourth-order valence-corrected chi connectivity index (χ4v) is 2.84. The highest BCUT2D eigenvalue weighted by molar-refractivity contribution is 9.10. The summed E-state index contributed by atoms with van der Waals surface area (Å²) in [5.74, 6) is -0.0342. The molecule has 0 aliphatic carbocycles. The molecule has 0 bridgehead atoms. The Morgan fingerprint density at radius 2 is 1.82 bits per heavy atom. The van der Waals surface area contributed by atoms with Crippen LogP contribution in [0.2, 0.25) is 5.02 Å². The predicted octanol–water partition coefficient (Wildman–Crippen LogP) is 2.89. The Labute approximate surface area is 180 Å². The second-order valence-electron chi connectivity index (χ2n) is 5.52. The summed E-state index contributed by atoms with van der Waals surface area (Å²) in [7, 11) is 0. The molecule has 7 nitrogen and oxygen atoms in total. The number of hydrogen-bond donors (Lipinski definition) is 3. The molecular formula is C18H17BrClN3O4S. The van der Waals surface area contributed by atoms with Crippen molar-refractivity contribution in [3.8, 4) is 11.5 Å². The van der Waals surface area contributed by atoms with Crippen LogP contribution < -0.4 is 25.6 Å². The van der Waals surface area contributed by atoms with Crippen molar-refractivity contribution in [3.05, 3.63) is 57.5 Å². The molecule has 2 aromatic carbocycles. The lowest BCUT2D eigenvalue weighted by atomic mass is 10.2. The highest BCUT2D eigenvalue weighted by Crippen LogP contribution is 2.27. The average Bonchev–Trinajstić information content (AvgIpc) is 2.64. The molecule has 148 valence electrons. The summed E-state index contributed by atoms with van der Waals surface area (Å²) in [6.45, 7) is 1.41. The Balaban J connectivity index is 1.66. The first-order chi connectivity index (χ1) is 13.3. The lowest BCUT2D eigenvalue weighted by Gasteiger charge is -2.12. The number of amides is 2. The second-order valence-corrected chi connectivity index (χ2v) is 7.25. The molecule has 0 atom stereocenters. The summed E-state index contributed by atoms with van der Waals surface area (Å²) in [4.78, 5) is 23.6. The maximum absolute atomic E-state index is 11.8. The molecule has 0 fully saturated rings. The zero-order valence-corrected chi connectivity index (χ0v) is 17.9. The number of aryl methyl sites for hydroxylation is 1. The van der Waals surface area contributed by atoms with Gasteiger partial charge in [-0.05, 0) is 55.0 Å². The Kier molecular flexibility index (Phi) is 8.49. The third kappa shape index (κ3) is 7.71. The largest absolute Gasteiger partial charge is 0.484 e. The van der Waals surface area contributed by atoms with E-state index < -0.39 is 11.8 Å². The van der Waals surface area contributed by atoms with Gasteiger partial charge in [-0.3, -0.25) is 25.8 Å². The van der Waals surface area contributed by atoms with Gasteiger partial charge in [-0.2, -0.15) is 0 Å². The summed E-state index contributed by atoms with van der Waals surface area (Å²) in [5.41, 5.74) is 5.73. The zero-order chi connectivity index (χ0) is 20.5. The number of rotatable bonds is 6. The number of thiocarbonyl (C=S) groups is 1. The van der Waals surface area contributed by atoms with Crippen molar-refractivity contribution in [3.63, 3.8) is 0 Å². The Bertz CT molecular complexity index is 882. The number of carbonyl (C=O) groups excluding carboxylic acids is 2. The number of hydrogen-bond acceptors (Lipinski definition) is 5. The molecule has 0 spiro atoms. The quantitative estimate of drug-likeness (QED) is 0.430. The van der Waals surface area contributed by atoms with Crippen molar-refractivity contribution >= 4 is 56.7 Å². The number of nitrogens with one attached hydrogen (secondary N) is 3. The van der Waals surface area contributed by atoms with Gasteiger partial charge in [-0.15, -0.1) is 0 Å². The summed E-state index contributed by atoms with van der Waals surface area (Å²) in [6, 6.07) is 12.3. The molecule has 0 saturated heterocycles. The Morgan fingerprint density at radius 1 is 1.07 bits per heavy atom. The van der Waals surface area contributed by atoms with Crippen molar-refractivity contribution in [1.82, 2.24) is 16.2 Å². The predicted molar refractivity (Wildman–Crippen MR) is 113 cm³/mol. The topological polar surface area (TPSA) is 88.7 Å². The molecule has 0 aliphatic heterocycles. The van der Waals surface area contributed by atoms with E-state index in [1.54, 1.807) is 24.3 Å². The monoisotopic (exact) mass is 485 g/mol. The number of benzene rings is 2. The van der Waals surface area contributed by atoms with E-state index in [4.69, 9.17) is 33.3 Å². The molecular weight excluding hydrogens is 470 g/mol. The number of hydrazine groups is 1. The molecule has 0 heterocycles. The fourth-order valence-electron chi connectivity index (χ4n) is 1.95. The Morgan fingerprint density at radius 3 is 2.54 bits per heavy atom. The number of ether oxygens (including phenoxy) is 2. The lowest BCUT2D eigenvalue weighted by molar-refractivity contribution is -0.124. The third-order valence-electron chi connectivity index (χ3n) is 3.18. The van der Waals surface area contributed by atoms with Crippen LogP contribution >= 0.6 is 39.7 Å². The van der Waals surface area contributed by atoms with E-state index in [1.165, 1.54) is 0 Å². The molecule has 2 aromatic rings. The zero-order valence-electron chi connectivity index (χ0n) is 14.8. The van der Waals surface area contributed by atoms with Gasteiger partial charge in [0.25, 0.3) is 11.8 Å². The van der Waals surface area contributed by atoms with Crippen molar-refractivity contribution in [1.29, 1.82) is 0 Å². The molecule has 0 radical (unpaired) electrons. The van der Waals surface area contributed by atoms with Gasteiger partial charge in [0.2, 0.25) is 0 Å². The maximum atomic E-state index is 11.8. The summed E-state index contributed by atoms with van der Waals surface area (Å²) in [6.07, 6.45) is 0. The van der Waals surface area contributed by atoms with Crippen molar-refractivity contribution in [2.75, 3.05) is 13.2 Å². The van der Waals surface area contributed by atoms with Gasteiger partial charge in [0.15, 0.2) is 18.3 Å². The highest BCUT2D eigenvalue weighted by atomic mass is 79.9. The van der Waals surface area contributed by atoms with Crippen LogP contribution in [-0.2, 0) is 9.59 Å². The molecule has 0 aliphatic rings. The normalized spacial score (nSPS) is 9.96. The first kappa shape index (κ1) is 21.9. The third-order valence-corrected chi connectivity index (χ3v) is 4.17. The standard InChI is InChI=1S/C18H17BrClN3O4S/c1-11-3-2-4-13(7-11)26-9-16(24)21-18(28)23-22-17(25)10-27-15-6-5-12(19)8-14(15)20/h2-8H,9-10H2,1H3,(H,22,25)(H2,21,23,24,28). The van der Waals surface area contributed by atoms with Crippen LogP contribution in [0, 0.1) is 6.92 Å². The van der Waals surface area contributed by atoms with E-state index in [1.807, 2.05) is 25.1 Å². The molecule has 0 saturated carbocycles. The van der Waals surface area contributed by atoms with Crippen LogP contribution in [0.1, 0.15) is 5.56 Å². The highest BCUT2D eigenvalue weighted by Gasteiger charge is 2.09. The first-order valence-corrected chi connectivity index (χ1v) is 9.57. The molecule has 0 aromatic heterocycles. The minimum atomic E-state index is -0.508. The summed E-state index contributed by atoms with van der Waals surface area (Å²) >= 11 is 14.2. The Hall–Kier alpha value is -2.36. The van der Waals surface area contributed by atoms with Crippen LogP contribution in [0.25, 0.3) is 0 Å². The number of carbonyl (C=O) groups is 2. The van der Waals surface area contributed by atoms with E-state index in [-0.39, 0.29) is 18.3 Å². The summed E-state index contributed by atoms with van der Waals surface area (Å²) < 4.78 is 11.5. The van der Waals surface area contributed by atoms with Crippen LogP contribution in [-0.4, -0.2) is 30.1 Å². The summed E-state index contributed by atoms with van der Waals surface area (Å²) in [5, 5.41) is 2.67. The maximum Gasteiger partial charge on any atom is 0.276 e. The minimum Gasteiger partial charge on any atom is -0.484 e. The van der Waals surface area contributed by atoms with Crippen LogP contribution in [0.3, 0.4) is 0 Å². The van der Waals surface area contributed by atoms with Crippen molar-refractivity contribution < 1.29 is 19.1 Å². The van der Waals surface area contributed by atoms with Gasteiger partial charge in [0.05, 0.1) is 5.02 Å². The molecule has 10 heteroatoms. The van der Waals surface area contributed by atoms with E-state index in [0.29, 0.717) is 16.5 Å². The van der Waals surface area contributed by atoms with Gasteiger partial charge in [-0.25, -0.2) is 0 Å². The smallest absolute Gasteiger partial charge is 0.276 e. The van der Waals surface area contributed by atoms with Gasteiger partial charge in [0.1, 0.15) is 11.5 Å². The van der Waals surface area contributed by atoms with Crippen molar-refractivity contribution in [2.45, 2.75) is 6.92 Å². The lowest BCUT2D eigenvalue weighted by Crippen LogP contribution is -2.50. The molecule has 2 amide bonds. The molecule has 3 N–H and O–H groups in total. The number of halogens is 2. The van der Waals surface area contributed by atoms with E-state index >= 15 is 0 Å². The van der Waals surface area contributed by atoms with Gasteiger partial charge in [0, 0.05) is 4.47 Å². The fraction of sp³-hybridized carbons (Fsp3) is 0.167. The van der Waals surface area contributed by atoms with Gasteiger partial charge < -0.3 is 9.47 Å². The minimum absolute atomic E-state index is 0.0760. The second kappa shape index (κ2) is 10.8. The molecule has 0 unspecified atom stereocenters. The van der Waals surface area contributed by atoms with E-state index in [0.717, 1.165) is 10.0 Å². The SMILES string of the molecule is Cc1cccc(OCC(=O)NC(=S)NNC(=O)COc2ccc(Br)cc2Cl)c1. The van der Waals surface area contributed by atoms with Crippen LogP contribution in [0.5, 0.6) is 11.5 Å². The van der Waals surface area contributed by atoms with E-state index in [2.05, 4.69) is 32.1 Å². The molecule has 28 heavy (non-hydrogen) atoms. The van der Waals surface area contributed by atoms with E-state index in [9.17, 15) is 9.59 Å². The van der Waals surface area contributed by atoms with Crippen LogP contribution in [0.4, 0.5) is 0 Å². The van der Waals surface area contributed by atoms with Gasteiger partial charge in [-0.1, -0.05) is 39.7 Å². The van der Waals surface area contributed by atoms with Crippen LogP contribution in [0.15, 0.2) is 46.9 Å². The first-order valence-electron chi connectivity index (χ1n) is 7.99. The molecule has 2 rings (SSSR count). The van der Waals surface area contributed by atoms with Gasteiger partial charge >= 0.3 is 0 Å². The average molecular weight is 487 g/mol.